The van der Waals surface area contributed by atoms with Gasteiger partial charge in [0.05, 0.1) is 16.7 Å². The number of fused-ring (bicyclic) bond motifs is 1. The van der Waals surface area contributed by atoms with Gasteiger partial charge in [-0.3, -0.25) is 9.36 Å². The number of imidazole rings is 1. The van der Waals surface area contributed by atoms with E-state index in [1.807, 2.05) is 11.8 Å². The van der Waals surface area contributed by atoms with Crippen LogP contribution in [0.4, 0.5) is 24.9 Å². The number of nitrogens with zero attached hydrogens (tertiary/aromatic N) is 5. The third kappa shape index (κ3) is 5.61. The average Bonchev–Trinajstić information content (AvgIpc) is 3.57. The molecule has 44 heavy (non-hydrogen) atoms. The molecule has 14 heteroatoms. The van der Waals surface area contributed by atoms with Crippen LogP contribution in [0, 0.1) is 5.41 Å². The highest BCUT2D eigenvalue weighted by molar-refractivity contribution is 6.30. The lowest BCUT2D eigenvalue weighted by atomic mass is 9.71. The first-order chi connectivity index (χ1) is 21.0. The molecule has 0 saturated carbocycles. The number of ether oxygens (including phenoxy) is 1. The molecule has 6 rings (SSSR count). The molecule has 4 N–H and O–H groups in total. The lowest BCUT2D eigenvalue weighted by molar-refractivity contribution is -0.198. The smallest absolute Gasteiger partial charge is 0.429 e. The van der Waals surface area contributed by atoms with Crippen LogP contribution in [0.3, 0.4) is 0 Å². The third-order valence-electron chi connectivity index (χ3n) is 8.77. The lowest BCUT2D eigenvalue weighted by Gasteiger charge is -2.43. The molecule has 4 aromatic rings. The van der Waals surface area contributed by atoms with Crippen molar-refractivity contribution in [3.63, 3.8) is 0 Å². The first kappa shape index (κ1) is 29.9. The number of alkyl halides is 3. The fourth-order valence-electron chi connectivity index (χ4n) is 6.65. The molecular formula is C30H31ClF3N7O3. The summed E-state index contributed by atoms with van der Waals surface area (Å²) in [7, 11) is 0. The number of hydrogen-bond acceptors (Lipinski definition) is 8. The number of halogens is 4. The number of piperidine rings is 1. The zero-order chi connectivity index (χ0) is 31.2. The van der Waals surface area contributed by atoms with Gasteiger partial charge in [0, 0.05) is 35.8 Å². The first-order valence-electron chi connectivity index (χ1n) is 14.3. The predicted octanol–water partition coefficient (Wildman–Crippen LogP) is 5.55. The van der Waals surface area contributed by atoms with Gasteiger partial charge < -0.3 is 25.8 Å². The van der Waals surface area contributed by atoms with Crippen LogP contribution >= 0.6 is 11.6 Å². The van der Waals surface area contributed by atoms with E-state index in [0.717, 1.165) is 6.42 Å². The maximum atomic E-state index is 14.7. The molecule has 0 bridgehead atoms. The number of anilines is 2. The lowest BCUT2D eigenvalue weighted by Crippen LogP contribution is -2.46. The summed E-state index contributed by atoms with van der Waals surface area (Å²) in [6.07, 6.45) is -3.09. The molecule has 2 aromatic carbocycles. The number of aromatic nitrogens is 4. The zero-order valence-electron chi connectivity index (χ0n) is 23.8. The monoisotopic (exact) mass is 629 g/mol. The van der Waals surface area contributed by atoms with Crippen molar-refractivity contribution in [2.75, 3.05) is 23.7 Å². The summed E-state index contributed by atoms with van der Waals surface area (Å²) in [6.45, 7) is 3.08. The molecule has 0 aliphatic carbocycles. The fourth-order valence-corrected chi connectivity index (χ4v) is 6.82. The van der Waals surface area contributed by atoms with Crippen LogP contribution in [0.5, 0.6) is 5.88 Å². The Morgan fingerprint density at radius 2 is 1.95 bits per heavy atom. The molecule has 232 valence electrons. The molecular weight excluding hydrogens is 599 g/mol. The Bertz CT molecular complexity index is 1690. The maximum Gasteiger partial charge on any atom is 0.429 e. The van der Waals surface area contributed by atoms with E-state index in [4.69, 9.17) is 22.1 Å². The van der Waals surface area contributed by atoms with Gasteiger partial charge in [0.15, 0.2) is 0 Å². The van der Waals surface area contributed by atoms with Crippen molar-refractivity contribution in [1.29, 1.82) is 0 Å². The number of nitrogens with two attached hydrogens (primary N) is 1. The number of nitrogens with one attached hydrogen (secondary N) is 1. The normalized spacial score (nSPS) is 20.7. The van der Waals surface area contributed by atoms with E-state index in [1.165, 1.54) is 30.6 Å². The van der Waals surface area contributed by atoms with E-state index in [2.05, 4.69) is 20.3 Å². The largest absolute Gasteiger partial charge is 0.480 e. The predicted molar refractivity (Wildman–Crippen MR) is 159 cm³/mol. The first-order valence-corrected chi connectivity index (χ1v) is 14.7. The highest BCUT2D eigenvalue weighted by Gasteiger charge is 2.50. The van der Waals surface area contributed by atoms with Crippen molar-refractivity contribution in [3.8, 4) is 11.6 Å². The third-order valence-corrected chi connectivity index (χ3v) is 9.01. The second-order valence-electron chi connectivity index (χ2n) is 11.3. The molecule has 10 nitrogen and oxygen atoms in total. The molecule has 2 aliphatic rings. The second kappa shape index (κ2) is 11.4. The minimum atomic E-state index is -4.83. The van der Waals surface area contributed by atoms with Crippen molar-refractivity contribution in [2.45, 2.75) is 57.0 Å². The molecule has 2 aliphatic heterocycles. The van der Waals surface area contributed by atoms with Gasteiger partial charge in [-0.05, 0) is 55.4 Å². The number of carbonyl (C=O) groups is 1. The summed E-state index contributed by atoms with van der Waals surface area (Å²) in [5.74, 6) is -1.08. The summed E-state index contributed by atoms with van der Waals surface area (Å²) in [5.41, 5.74) is 6.98. The molecule has 0 radical (unpaired) electrons. The number of carboxylic acids is 1. The van der Waals surface area contributed by atoms with E-state index in [1.54, 1.807) is 28.8 Å². The van der Waals surface area contributed by atoms with Crippen molar-refractivity contribution >= 4 is 40.4 Å². The van der Waals surface area contributed by atoms with E-state index in [-0.39, 0.29) is 39.6 Å². The molecule has 4 heterocycles. The van der Waals surface area contributed by atoms with Gasteiger partial charge in [0.2, 0.25) is 17.9 Å². The number of aliphatic carboxylic acids is 1. The molecule has 0 amide bonds. The van der Waals surface area contributed by atoms with Crippen LogP contribution in [0.2, 0.25) is 5.02 Å². The second-order valence-corrected chi connectivity index (χ2v) is 11.8. The topological polar surface area (TPSA) is 131 Å². The van der Waals surface area contributed by atoms with Gasteiger partial charge in [0.1, 0.15) is 18.2 Å². The van der Waals surface area contributed by atoms with Crippen molar-refractivity contribution in [2.24, 2.45) is 5.41 Å². The number of nitrogen functional groups attached to an aromatic ring is 1. The van der Waals surface area contributed by atoms with Crippen LogP contribution in [0.25, 0.3) is 16.7 Å². The number of carboxylic acid groups (broad SMARTS) is 1. The number of hydrogen-bond donors (Lipinski definition) is 3. The Morgan fingerprint density at radius 3 is 2.66 bits per heavy atom. The molecule has 1 spiro atoms. The maximum absolute atomic E-state index is 14.7. The number of para-hydroxylation sites is 2. The Balaban J connectivity index is 1.29. The van der Waals surface area contributed by atoms with Crippen molar-refractivity contribution in [3.05, 3.63) is 65.4 Å². The van der Waals surface area contributed by atoms with Crippen LogP contribution in [0.1, 0.15) is 44.3 Å². The Kier molecular flexibility index (Phi) is 7.78. The van der Waals surface area contributed by atoms with Crippen LogP contribution in [0.15, 0.2) is 54.9 Å². The number of benzene rings is 2. The summed E-state index contributed by atoms with van der Waals surface area (Å²) in [4.78, 5) is 26.2. The molecule has 2 aromatic heterocycles. The SMILES string of the molecule is CCC1NC(C(=O)O)CC12CCN(c1cc(O[C@H](c3ccc(Cl)cc3-n3cnc4ccccc43)C(F)(F)F)nc(N)n1)CC2. The molecule has 3 atom stereocenters. The molecule has 2 unspecified atom stereocenters. The number of rotatable bonds is 7. The molecule has 2 saturated heterocycles. The highest BCUT2D eigenvalue weighted by Crippen LogP contribution is 2.46. The van der Waals surface area contributed by atoms with E-state index >= 15 is 0 Å². The van der Waals surface area contributed by atoms with E-state index in [0.29, 0.717) is 49.2 Å². The summed E-state index contributed by atoms with van der Waals surface area (Å²) in [6, 6.07) is 12.0. The average molecular weight is 630 g/mol. The van der Waals surface area contributed by atoms with Gasteiger partial charge in [-0.15, -0.1) is 0 Å². The summed E-state index contributed by atoms with van der Waals surface area (Å²) >= 11 is 6.25. The van der Waals surface area contributed by atoms with Gasteiger partial charge in [-0.2, -0.15) is 23.1 Å². The molecule has 2 fully saturated rings. The summed E-state index contributed by atoms with van der Waals surface area (Å²) in [5, 5.41) is 13.1. The van der Waals surface area contributed by atoms with Crippen LogP contribution < -0.4 is 20.7 Å². The van der Waals surface area contributed by atoms with Crippen LogP contribution in [-0.4, -0.2) is 61.9 Å². The Labute approximate surface area is 256 Å². The van der Waals surface area contributed by atoms with Crippen LogP contribution in [-0.2, 0) is 4.79 Å². The van der Waals surface area contributed by atoms with Crippen molar-refractivity contribution in [1.82, 2.24) is 24.8 Å². The van der Waals surface area contributed by atoms with E-state index in [9.17, 15) is 23.1 Å². The summed E-state index contributed by atoms with van der Waals surface area (Å²) < 4.78 is 51.2. The highest BCUT2D eigenvalue weighted by atomic mass is 35.5. The quantitative estimate of drug-likeness (QED) is 0.241. The van der Waals surface area contributed by atoms with Crippen molar-refractivity contribution < 1.29 is 27.8 Å². The van der Waals surface area contributed by atoms with Gasteiger partial charge in [0.25, 0.3) is 0 Å². The minimum absolute atomic E-state index is 0.0637. The zero-order valence-corrected chi connectivity index (χ0v) is 24.5. The van der Waals surface area contributed by atoms with E-state index < -0.39 is 24.3 Å². The van der Waals surface area contributed by atoms with Gasteiger partial charge in [-0.1, -0.05) is 36.7 Å². The standard InChI is InChI=1S/C30H31ClF3N7O3/c1-2-23-29(15-20(37-23)27(42)43)9-11-40(12-10-29)24-14-25(39-28(35)38-24)44-26(30(32,33)34)18-8-7-17(31)13-22(18)41-16-36-19-5-3-4-6-21(19)41/h3-8,13-14,16,20,23,26,37H,2,9-12,15H2,1H3,(H,42,43)(H2,35,38,39)/t20?,23?,26-/m1/s1. The van der Waals surface area contributed by atoms with Gasteiger partial charge in [-0.25, -0.2) is 4.98 Å². The minimum Gasteiger partial charge on any atom is -0.480 e. The fraction of sp³-hybridized carbons (Fsp3) is 0.400. The Morgan fingerprint density at radius 1 is 1.20 bits per heavy atom. The Hall–Kier alpha value is -4.10. The van der Waals surface area contributed by atoms with Gasteiger partial charge >= 0.3 is 12.1 Å².